The van der Waals surface area contributed by atoms with Gasteiger partial charge >= 0.3 is 0 Å². The predicted octanol–water partition coefficient (Wildman–Crippen LogP) is 5.11. The van der Waals surface area contributed by atoms with E-state index in [2.05, 4.69) is 5.32 Å². The van der Waals surface area contributed by atoms with Crippen LogP contribution in [-0.4, -0.2) is 37.5 Å². The lowest BCUT2D eigenvalue weighted by Gasteiger charge is -2.25. The molecule has 0 atom stereocenters. The molecule has 0 saturated heterocycles. The third-order valence-corrected chi connectivity index (χ3v) is 7.11. The molecule has 2 aromatic rings. The molecule has 5 nitrogen and oxygen atoms in total. The van der Waals surface area contributed by atoms with E-state index >= 15 is 0 Å². The highest BCUT2D eigenvalue weighted by Gasteiger charge is 2.25. The van der Waals surface area contributed by atoms with Gasteiger partial charge in [-0.25, -0.2) is 8.42 Å². The molecular formula is C23H32N2O3S2. The zero-order valence-corrected chi connectivity index (χ0v) is 19.8. The molecule has 1 amide bonds. The third-order valence-electron chi connectivity index (χ3n) is 4.25. The van der Waals surface area contributed by atoms with Gasteiger partial charge in [0.15, 0.2) is 0 Å². The lowest BCUT2D eigenvalue weighted by Crippen LogP contribution is -2.37. The number of hydrogen-bond acceptors (Lipinski definition) is 4. The molecule has 30 heavy (non-hydrogen) atoms. The van der Waals surface area contributed by atoms with E-state index in [1.165, 1.54) is 0 Å². The number of carbonyl (C=O) groups excluding carboxylic acids is 1. The molecule has 0 aromatic heterocycles. The van der Waals surface area contributed by atoms with Gasteiger partial charge in [0.1, 0.15) is 0 Å². The third kappa shape index (κ3) is 7.78. The van der Waals surface area contributed by atoms with Crippen molar-refractivity contribution in [3.63, 3.8) is 0 Å². The van der Waals surface area contributed by atoms with E-state index in [0.29, 0.717) is 31.0 Å². The van der Waals surface area contributed by atoms with Crippen LogP contribution >= 0.6 is 11.8 Å². The maximum absolute atomic E-state index is 13.0. The minimum Gasteiger partial charge on any atom is -0.326 e. The summed E-state index contributed by atoms with van der Waals surface area (Å²) in [6, 6.07) is 16.4. The van der Waals surface area contributed by atoms with Crippen LogP contribution in [0, 0.1) is 11.8 Å². The van der Waals surface area contributed by atoms with Gasteiger partial charge in [-0.05, 0) is 48.2 Å². The van der Waals surface area contributed by atoms with Gasteiger partial charge in [-0.15, -0.1) is 11.8 Å². The lowest BCUT2D eigenvalue weighted by atomic mass is 10.2. The minimum atomic E-state index is -3.56. The van der Waals surface area contributed by atoms with Crippen LogP contribution < -0.4 is 5.32 Å². The normalized spacial score (nSPS) is 12.0. The molecule has 0 heterocycles. The summed E-state index contributed by atoms with van der Waals surface area (Å²) in [6.07, 6.45) is 0.385. The monoisotopic (exact) mass is 448 g/mol. The fraction of sp³-hybridized carbons (Fsp3) is 0.435. The van der Waals surface area contributed by atoms with Gasteiger partial charge in [-0.2, -0.15) is 4.31 Å². The molecule has 2 aromatic carbocycles. The molecule has 0 spiro atoms. The zero-order valence-electron chi connectivity index (χ0n) is 18.2. The summed E-state index contributed by atoms with van der Waals surface area (Å²) in [5, 5.41) is 2.84. The van der Waals surface area contributed by atoms with Crippen molar-refractivity contribution in [2.75, 3.05) is 24.2 Å². The quantitative estimate of drug-likeness (QED) is 0.485. The number of carbonyl (C=O) groups is 1. The number of nitrogens with zero attached hydrogens (tertiary/aromatic N) is 1. The molecule has 1 N–H and O–H groups in total. The molecule has 164 valence electrons. The van der Waals surface area contributed by atoms with E-state index in [1.807, 2.05) is 58.0 Å². The van der Waals surface area contributed by atoms with Crippen molar-refractivity contribution in [3.05, 3.63) is 54.6 Å². The van der Waals surface area contributed by atoms with Crippen LogP contribution in [0.5, 0.6) is 0 Å². The van der Waals surface area contributed by atoms with Gasteiger partial charge in [0, 0.05) is 35.8 Å². The van der Waals surface area contributed by atoms with Crippen LogP contribution in [-0.2, 0) is 14.8 Å². The first kappa shape index (κ1) is 24.4. The van der Waals surface area contributed by atoms with Gasteiger partial charge < -0.3 is 5.32 Å². The van der Waals surface area contributed by atoms with Crippen LogP contribution in [0.2, 0.25) is 0 Å². The van der Waals surface area contributed by atoms with Crippen molar-refractivity contribution in [2.24, 2.45) is 11.8 Å². The molecule has 0 aliphatic carbocycles. The van der Waals surface area contributed by atoms with E-state index in [-0.39, 0.29) is 22.6 Å². The molecular weight excluding hydrogens is 416 g/mol. The predicted molar refractivity (Wildman–Crippen MR) is 125 cm³/mol. The number of amides is 1. The summed E-state index contributed by atoms with van der Waals surface area (Å²) in [4.78, 5) is 13.6. The average Bonchev–Trinajstić information content (AvgIpc) is 2.68. The first-order valence-corrected chi connectivity index (χ1v) is 12.7. The molecule has 0 unspecified atom stereocenters. The summed E-state index contributed by atoms with van der Waals surface area (Å²) in [7, 11) is -3.56. The Morgan fingerprint density at radius 1 is 0.933 bits per heavy atom. The Balaban J connectivity index is 1.96. The highest BCUT2D eigenvalue weighted by atomic mass is 32.2. The van der Waals surface area contributed by atoms with Crippen molar-refractivity contribution in [1.82, 2.24) is 4.31 Å². The Morgan fingerprint density at radius 3 is 2.03 bits per heavy atom. The summed E-state index contributed by atoms with van der Waals surface area (Å²) in [5.41, 5.74) is 0.600. The van der Waals surface area contributed by atoms with Crippen LogP contribution in [0.15, 0.2) is 64.4 Å². The fourth-order valence-corrected chi connectivity index (χ4v) is 5.59. The lowest BCUT2D eigenvalue weighted by molar-refractivity contribution is -0.115. The number of hydrogen-bond donors (Lipinski definition) is 1. The van der Waals surface area contributed by atoms with Gasteiger partial charge in [0.25, 0.3) is 0 Å². The highest BCUT2D eigenvalue weighted by Crippen LogP contribution is 2.22. The van der Waals surface area contributed by atoms with Crippen molar-refractivity contribution >= 4 is 33.4 Å². The first-order chi connectivity index (χ1) is 14.2. The fourth-order valence-electron chi connectivity index (χ4n) is 2.95. The standard InChI is InChI=1S/C23H32N2O3S2/c1-18(2)16-25(17-19(3)4)30(27,28)22-12-10-20(11-13-22)24-23(26)14-15-29-21-8-6-5-7-9-21/h5-13,18-19H,14-17H2,1-4H3,(H,24,26). The van der Waals surface area contributed by atoms with Crippen LogP contribution in [0.4, 0.5) is 5.69 Å². The number of nitrogens with one attached hydrogen (secondary N) is 1. The summed E-state index contributed by atoms with van der Waals surface area (Å²) in [5.74, 6) is 1.08. The summed E-state index contributed by atoms with van der Waals surface area (Å²) in [6.45, 7) is 9.01. The number of benzene rings is 2. The largest absolute Gasteiger partial charge is 0.326 e. The van der Waals surface area contributed by atoms with Crippen LogP contribution in [0.1, 0.15) is 34.1 Å². The first-order valence-electron chi connectivity index (χ1n) is 10.3. The second-order valence-corrected chi connectivity index (χ2v) is 11.2. The maximum atomic E-state index is 13.0. The summed E-state index contributed by atoms with van der Waals surface area (Å²) >= 11 is 1.63. The smallest absolute Gasteiger partial charge is 0.243 e. The Kier molecular flexibility index (Phi) is 9.39. The Labute approximate surface area is 185 Å². The van der Waals surface area contributed by atoms with Crippen molar-refractivity contribution in [1.29, 1.82) is 0 Å². The molecule has 2 rings (SSSR count). The second-order valence-electron chi connectivity index (χ2n) is 8.09. The van der Waals surface area contributed by atoms with Crippen LogP contribution in [0.3, 0.4) is 0 Å². The van der Waals surface area contributed by atoms with Gasteiger partial charge in [-0.1, -0.05) is 45.9 Å². The average molecular weight is 449 g/mol. The van der Waals surface area contributed by atoms with E-state index < -0.39 is 10.0 Å². The SMILES string of the molecule is CC(C)CN(CC(C)C)S(=O)(=O)c1ccc(NC(=O)CCSc2ccccc2)cc1. The molecule has 0 radical (unpaired) electrons. The highest BCUT2D eigenvalue weighted by molar-refractivity contribution is 7.99. The molecule has 7 heteroatoms. The molecule has 0 aliphatic rings. The van der Waals surface area contributed by atoms with Gasteiger partial charge in [0.05, 0.1) is 4.90 Å². The van der Waals surface area contributed by atoms with Crippen molar-refractivity contribution < 1.29 is 13.2 Å². The van der Waals surface area contributed by atoms with E-state index in [4.69, 9.17) is 0 Å². The Morgan fingerprint density at radius 2 is 1.50 bits per heavy atom. The number of anilines is 1. The number of thioether (sulfide) groups is 1. The summed E-state index contributed by atoms with van der Waals surface area (Å²) < 4.78 is 27.6. The number of rotatable bonds is 11. The zero-order chi connectivity index (χ0) is 22.1. The molecule has 0 bridgehead atoms. The van der Waals surface area contributed by atoms with Crippen molar-refractivity contribution in [3.8, 4) is 0 Å². The molecule has 0 fully saturated rings. The van der Waals surface area contributed by atoms with E-state index in [9.17, 15) is 13.2 Å². The topological polar surface area (TPSA) is 66.5 Å². The minimum absolute atomic E-state index is 0.0877. The maximum Gasteiger partial charge on any atom is 0.243 e. The number of sulfonamides is 1. The molecule has 0 saturated carbocycles. The van der Waals surface area contributed by atoms with Gasteiger partial charge in [-0.3, -0.25) is 4.79 Å². The Bertz CT molecular complexity index is 886. The van der Waals surface area contributed by atoms with Crippen LogP contribution in [0.25, 0.3) is 0 Å². The van der Waals surface area contributed by atoms with E-state index in [0.717, 1.165) is 4.90 Å². The van der Waals surface area contributed by atoms with Gasteiger partial charge in [0.2, 0.25) is 15.9 Å². The Hall–Kier alpha value is -1.83. The van der Waals surface area contributed by atoms with E-state index in [1.54, 1.807) is 40.3 Å². The second kappa shape index (κ2) is 11.5. The van der Waals surface area contributed by atoms with Crippen molar-refractivity contribution in [2.45, 2.75) is 43.9 Å². The molecule has 0 aliphatic heterocycles.